The van der Waals surface area contributed by atoms with Crippen LogP contribution < -0.4 is 0 Å². The Morgan fingerprint density at radius 1 is 1.25 bits per heavy atom. The molecule has 0 N–H and O–H groups in total. The molecular formula is C12H18ClIN2. The van der Waals surface area contributed by atoms with E-state index in [1.807, 2.05) is 0 Å². The highest BCUT2D eigenvalue weighted by Crippen LogP contribution is 2.29. The molecule has 0 amide bonds. The standard InChI is InChI=1S/C12H18ClIN2/c1-5-6-7-8-15-10(12(2,3)4)9(14)11(13)16-8/h5-7H2,1-4H3. The fraction of sp³-hybridized carbons (Fsp3) is 0.667. The molecule has 0 aromatic carbocycles. The van der Waals surface area contributed by atoms with E-state index in [9.17, 15) is 0 Å². The lowest BCUT2D eigenvalue weighted by atomic mass is 9.92. The van der Waals surface area contributed by atoms with Crippen LogP contribution in [0.4, 0.5) is 0 Å². The van der Waals surface area contributed by atoms with E-state index in [-0.39, 0.29) is 5.41 Å². The largest absolute Gasteiger partial charge is 0.236 e. The molecule has 0 aliphatic carbocycles. The van der Waals surface area contributed by atoms with Crippen molar-refractivity contribution in [3.63, 3.8) is 0 Å². The maximum Gasteiger partial charge on any atom is 0.146 e. The van der Waals surface area contributed by atoms with Gasteiger partial charge in [0.1, 0.15) is 11.0 Å². The maximum atomic E-state index is 6.15. The number of aromatic nitrogens is 2. The number of unbranched alkanes of at least 4 members (excludes halogenated alkanes) is 1. The molecule has 0 aliphatic rings. The van der Waals surface area contributed by atoms with E-state index < -0.39 is 0 Å². The molecule has 0 saturated carbocycles. The minimum absolute atomic E-state index is 0.0179. The van der Waals surface area contributed by atoms with Crippen LogP contribution in [0.2, 0.25) is 5.15 Å². The van der Waals surface area contributed by atoms with Crippen LogP contribution in [-0.2, 0) is 11.8 Å². The second-order valence-corrected chi connectivity index (χ2v) is 6.38. The minimum atomic E-state index is 0.0179. The maximum absolute atomic E-state index is 6.15. The lowest BCUT2D eigenvalue weighted by Crippen LogP contribution is -2.18. The molecule has 0 fully saturated rings. The molecule has 2 nitrogen and oxygen atoms in total. The topological polar surface area (TPSA) is 25.8 Å². The first kappa shape index (κ1) is 14.2. The van der Waals surface area contributed by atoms with Gasteiger partial charge in [-0.05, 0) is 29.0 Å². The second kappa shape index (κ2) is 5.63. The van der Waals surface area contributed by atoms with E-state index in [4.69, 9.17) is 11.6 Å². The van der Waals surface area contributed by atoms with Crippen molar-refractivity contribution in [1.82, 2.24) is 9.97 Å². The number of nitrogens with zero attached hydrogens (tertiary/aromatic N) is 2. The van der Waals surface area contributed by atoms with Crippen molar-refractivity contribution >= 4 is 34.2 Å². The molecule has 0 atom stereocenters. The molecule has 0 unspecified atom stereocenters. The molecule has 1 aromatic rings. The number of rotatable bonds is 3. The van der Waals surface area contributed by atoms with Gasteiger partial charge < -0.3 is 0 Å². The zero-order valence-electron chi connectivity index (χ0n) is 10.3. The average Bonchev–Trinajstić information content (AvgIpc) is 2.17. The quantitative estimate of drug-likeness (QED) is 0.596. The fourth-order valence-electron chi connectivity index (χ4n) is 1.41. The highest BCUT2D eigenvalue weighted by molar-refractivity contribution is 14.1. The Morgan fingerprint density at radius 2 is 1.88 bits per heavy atom. The van der Waals surface area contributed by atoms with Gasteiger partial charge in [0.25, 0.3) is 0 Å². The van der Waals surface area contributed by atoms with Gasteiger partial charge in [-0.1, -0.05) is 45.7 Å². The Bertz CT molecular complexity index is 372. The van der Waals surface area contributed by atoms with Crippen molar-refractivity contribution in [2.24, 2.45) is 0 Å². The number of halogens is 2. The predicted octanol–water partition coefficient (Wildman–Crippen LogP) is 4.37. The van der Waals surface area contributed by atoms with E-state index in [2.05, 4.69) is 60.3 Å². The van der Waals surface area contributed by atoms with E-state index in [1.54, 1.807) is 0 Å². The zero-order valence-corrected chi connectivity index (χ0v) is 13.2. The van der Waals surface area contributed by atoms with E-state index >= 15 is 0 Å². The lowest BCUT2D eigenvalue weighted by Gasteiger charge is -2.20. The van der Waals surface area contributed by atoms with Crippen LogP contribution in [-0.4, -0.2) is 9.97 Å². The summed E-state index contributed by atoms with van der Waals surface area (Å²) in [6, 6.07) is 0. The smallest absolute Gasteiger partial charge is 0.146 e. The monoisotopic (exact) mass is 352 g/mol. The average molecular weight is 353 g/mol. The third-order valence-corrected chi connectivity index (χ3v) is 3.94. The van der Waals surface area contributed by atoms with Crippen LogP contribution in [0.15, 0.2) is 0 Å². The van der Waals surface area contributed by atoms with Gasteiger partial charge in [0.2, 0.25) is 0 Å². The Balaban J connectivity index is 3.12. The van der Waals surface area contributed by atoms with Gasteiger partial charge in [-0.3, -0.25) is 0 Å². The summed E-state index contributed by atoms with van der Waals surface area (Å²) >= 11 is 8.37. The first-order valence-electron chi connectivity index (χ1n) is 5.58. The van der Waals surface area contributed by atoms with Gasteiger partial charge in [0.15, 0.2) is 0 Å². The molecule has 0 radical (unpaired) electrons. The molecule has 4 heteroatoms. The van der Waals surface area contributed by atoms with Crippen LogP contribution in [0.1, 0.15) is 52.1 Å². The van der Waals surface area contributed by atoms with Crippen molar-refractivity contribution in [2.45, 2.75) is 52.4 Å². The molecule has 16 heavy (non-hydrogen) atoms. The zero-order chi connectivity index (χ0) is 12.3. The highest BCUT2D eigenvalue weighted by atomic mass is 127. The third kappa shape index (κ3) is 3.55. The molecule has 0 aliphatic heterocycles. The molecule has 1 rings (SSSR count). The van der Waals surface area contributed by atoms with E-state index in [0.717, 1.165) is 34.4 Å². The molecule has 1 aromatic heterocycles. The number of hydrogen-bond donors (Lipinski definition) is 0. The van der Waals surface area contributed by atoms with Crippen LogP contribution in [0.3, 0.4) is 0 Å². The normalized spacial score (nSPS) is 11.9. The Kier molecular flexibility index (Phi) is 4.98. The molecule has 0 bridgehead atoms. The molecule has 0 saturated heterocycles. The Morgan fingerprint density at radius 3 is 2.38 bits per heavy atom. The first-order chi connectivity index (χ1) is 7.36. The van der Waals surface area contributed by atoms with E-state index in [1.165, 1.54) is 0 Å². The van der Waals surface area contributed by atoms with Gasteiger partial charge >= 0.3 is 0 Å². The summed E-state index contributed by atoms with van der Waals surface area (Å²) in [5.41, 5.74) is 1.07. The van der Waals surface area contributed by atoms with Crippen LogP contribution in [0.25, 0.3) is 0 Å². The van der Waals surface area contributed by atoms with Gasteiger partial charge in [0, 0.05) is 11.8 Å². The van der Waals surface area contributed by atoms with Crippen molar-refractivity contribution < 1.29 is 0 Å². The van der Waals surface area contributed by atoms with Gasteiger partial charge in [0.05, 0.1) is 9.26 Å². The van der Waals surface area contributed by atoms with E-state index in [0.29, 0.717) is 5.15 Å². The van der Waals surface area contributed by atoms with Crippen molar-refractivity contribution in [1.29, 1.82) is 0 Å². The third-order valence-electron chi connectivity index (χ3n) is 2.32. The molecule has 1 heterocycles. The van der Waals surface area contributed by atoms with Crippen LogP contribution >= 0.6 is 34.2 Å². The summed E-state index contributed by atoms with van der Waals surface area (Å²) in [6.07, 6.45) is 3.18. The second-order valence-electron chi connectivity index (χ2n) is 4.95. The van der Waals surface area contributed by atoms with Gasteiger partial charge in [-0.2, -0.15) is 0 Å². The number of hydrogen-bond acceptors (Lipinski definition) is 2. The predicted molar refractivity (Wildman–Crippen MR) is 77.1 cm³/mol. The fourth-order valence-corrected chi connectivity index (χ4v) is 2.64. The van der Waals surface area contributed by atoms with Crippen molar-refractivity contribution in [3.05, 3.63) is 20.2 Å². The first-order valence-corrected chi connectivity index (χ1v) is 7.04. The summed E-state index contributed by atoms with van der Waals surface area (Å²) in [7, 11) is 0. The summed E-state index contributed by atoms with van der Waals surface area (Å²) < 4.78 is 0.979. The molecule has 0 spiro atoms. The molecular weight excluding hydrogens is 335 g/mol. The summed E-state index contributed by atoms with van der Waals surface area (Å²) in [5, 5.41) is 0.589. The van der Waals surface area contributed by atoms with Gasteiger partial charge in [-0.15, -0.1) is 0 Å². The van der Waals surface area contributed by atoms with Crippen LogP contribution in [0, 0.1) is 3.57 Å². The van der Waals surface area contributed by atoms with Crippen molar-refractivity contribution in [2.75, 3.05) is 0 Å². The minimum Gasteiger partial charge on any atom is -0.236 e. The summed E-state index contributed by atoms with van der Waals surface area (Å²) in [6.45, 7) is 8.62. The van der Waals surface area contributed by atoms with Crippen molar-refractivity contribution in [3.8, 4) is 0 Å². The lowest BCUT2D eigenvalue weighted by molar-refractivity contribution is 0.555. The summed E-state index contributed by atoms with van der Waals surface area (Å²) in [5.74, 6) is 0.872. The van der Waals surface area contributed by atoms with Gasteiger partial charge in [-0.25, -0.2) is 9.97 Å². The molecule has 90 valence electrons. The highest BCUT2D eigenvalue weighted by Gasteiger charge is 2.22. The van der Waals surface area contributed by atoms with Crippen LogP contribution in [0.5, 0.6) is 0 Å². The Labute approximate surface area is 116 Å². The summed E-state index contributed by atoms with van der Waals surface area (Å²) in [4.78, 5) is 8.97. The Hall–Kier alpha value is 0.1000. The number of aryl methyl sites for hydroxylation is 1. The SMILES string of the molecule is CCCCc1nc(Cl)c(I)c(C(C)(C)C)n1.